The van der Waals surface area contributed by atoms with Gasteiger partial charge in [-0.05, 0) is 43.3 Å². The van der Waals surface area contributed by atoms with Crippen molar-refractivity contribution in [2.24, 2.45) is 0 Å². The van der Waals surface area contributed by atoms with Crippen LogP contribution in [0.4, 0.5) is 17.1 Å². The lowest BCUT2D eigenvalue weighted by atomic mass is 10.1. The SMILES string of the molecule is CCOc1cccc(NC(=O)c2ccccc2Nc2ccccc2)c1. The molecule has 25 heavy (non-hydrogen) atoms. The molecule has 0 radical (unpaired) electrons. The molecule has 3 rings (SSSR count). The summed E-state index contributed by atoms with van der Waals surface area (Å²) < 4.78 is 5.47. The number of hydrogen-bond acceptors (Lipinski definition) is 3. The minimum atomic E-state index is -0.173. The van der Waals surface area contributed by atoms with Crippen LogP contribution in [-0.2, 0) is 0 Å². The first-order valence-electron chi connectivity index (χ1n) is 8.21. The number of anilines is 3. The van der Waals surface area contributed by atoms with Crippen molar-refractivity contribution in [3.05, 3.63) is 84.4 Å². The van der Waals surface area contributed by atoms with Crippen molar-refractivity contribution in [1.29, 1.82) is 0 Å². The van der Waals surface area contributed by atoms with Crippen LogP contribution in [0.3, 0.4) is 0 Å². The summed E-state index contributed by atoms with van der Waals surface area (Å²) in [6.45, 7) is 2.51. The predicted octanol–water partition coefficient (Wildman–Crippen LogP) is 5.08. The molecule has 0 aliphatic rings. The number of ether oxygens (including phenoxy) is 1. The third kappa shape index (κ3) is 4.38. The zero-order valence-electron chi connectivity index (χ0n) is 14.0. The van der Waals surface area contributed by atoms with Gasteiger partial charge in [-0.15, -0.1) is 0 Å². The van der Waals surface area contributed by atoms with Crippen LogP contribution in [0.25, 0.3) is 0 Å². The Hall–Kier alpha value is -3.27. The third-order valence-electron chi connectivity index (χ3n) is 3.63. The highest BCUT2D eigenvalue weighted by atomic mass is 16.5. The third-order valence-corrected chi connectivity index (χ3v) is 3.63. The van der Waals surface area contributed by atoms with E-state index in [4.69, 9.17) is 4.74 Å². The minimum Gasteiger partial charge on any atom is -0.494 e. The summed E-state index contributed by atoms with van der Waals surface area (Å²) in [6.07, 6.45) is 0. The number of amides is 1. The Morgan fingerprint density at radius 1 is 0.880 bits per heavy atom. The summed E-state index contributed by atoms with van der Waals surface area (Å²) in [5.74, 6) is 0.559. The highest BCUT2D eigenvalue weighted by Crippen LogP contribution is 2.23. The number of benzene rings is 3. The second-order valence-corrected chi connectivity index (χ2v) is 5.45. The molecule has 4 heteroatoms. The lowest BCUT2D eigenvalue weighted by Crippen LogP contribution is -2.13. The van der Waals surface area contributed by atoms with Gasteiger partial charge in [0.1, 0.15) is 5.75 Å². The normalized spacial score (nSPS) is 10.1. The molecule has 4 nitrogen and oxygen atoms in total. The second kappa shape index (κ2) is 8.02. The number of carbonyl (C=O) groups is 1. The first-order chi connectivity index (χ1) is 12.3. The molecule has 1 amide bonds. The van der Waals surface area contributed by atoms with Crippen LogP contribution in [0.2, 0.25) is 0 Å². The van der Waals surface area contributed by atoms with Crippen molar-refractivity contribution in [1.82, 2.24) is 0 Å². The molecule has 0 fully saturated rings. The fourth-order valence-electron chi connectivity index (χ4n) is 2.50. The molecule has 0 heterocycles. The highest BCUT2D eigenvalue weighted by molar-refractivity contribution is 6.08. The van der Waals surface area contributed by atoms with E-state index in [0.717, 1.165) is 17.1 Å². The lowest BCUT2D eigenvalue weighted by Gasteiger charge is -2.13. The quantitative estimate of drug-likeness (QED) is 0.662. The van der Waals surface area contributed by atoms with Gasteiger partial charge in [0, 0.05) is 17.4 Å². The maximum absolute atomic E-state index is 12.7. The lowest BCUT2D eigenvalue weighted by molar-refractivity contribution is 0.102. The van der Waals surface area contributed by atoms with Gasteiger partial charge in [0.2, 0.25) is 0 Å². The zero-order chi connectivity index (χ0) is 17.5. The van der Waals surface area contributed by atoms with Gasteiger partial charge in [-0.2, -0.15) is 0 Å². The molecule has 0 saturated carbocycles. The molecule has 0 saturated heterocycles. The van der Waals surface area contributed by atoms with Crippen molar-refractivity contribution < 1.29 is 9.53 Å². The van der Waals surface area contributed by atoms with Crippen LogP contribution in [-0.4, -0.2) is 12.5 Å². The molecule has 0 unspecified atom stereocenters. The number of carbonyl (C=O) groups excluding carboxylic acids is 1. The van der Waals surface area contributed by atoms with Crippen molar-refractivity contribution in [2.45, 2.75) is 6.92 Å². The Balaban J connectivity index is 1.79. The summed E-state index contributed by atoms with van der Waals surface area (Å²) in [5, 5.41) is 6.21. The molecule has 0 aliphatic carbocycles. The van der Waals surface area contributed by atoms with Gasteiger partial charge in [-0.1, -0.05) is 36.4 Å². The molecule has 0 bridgehead atoms. The van der Waals surface area contributed by atoms with E-state index in [1.54, 1.807) is 6.07 Å². The molecule has 0 atom stereocenters. The van der Waals surface area contributed by atoms with Crippen molar-refractivity contribution in [3.8, 4) is 5.75 Å². The van der Waals surface area contributed by atoms with Gasteiger partial charge in [-0.3, -0.25) is 4.79 Å². The maximum atomic E-state index is 12.7. The van der Waals surface area contributed by atoms with Crippen LogP contribution >= 0.6 is 0 Å². The standard InChI is InChI=1S/C21H20N2O2/c1-2-25-18-12-8-11-17(15-18)23-21(24)19-13-6-7-14-20(19)22-16-9-4-3-5-10-16/h3-15,22H,2H2,1H3,(H,23,24). The average molecular weight is 332 g/mol. The molecule has 0 spiro atoms. The van der Waals surface area contributed by atoms with Gasteiger partial charge < -0.3 is 15.4 Å². The van der Waals surface area contributed by atoms with E-state index in [0.29, 0.717) is 17.9 Å². The van der Waals surface area contributed by atoms with E-state index < -0.39 is 0 Å². The van der Waals surface area contributed by atoms with Crippen LogP contribution in [0.15, 0.2) is 78.9 Å². The van der Waals surface area contributed by atoms with Gasteiger partial charge in [0.05, 0.1) is 17.9 Å². The van der Waals surface area contributed by atoms with Crippen LogP contribution in [0, 0.1) is 0 Å². The topological polar surface area (TPSA) is 50.4 Å². The molecular formula is C21H20N2O2. The van der Waals surface area contributed by atoms with E-state index in [2.05, 4.69) is 10.6 Å². The molecule has 3 aromatic carbocycles. The Morgan fingerprint density at radius 3 is 2.40 bits per heavy atom. The number of rotatable bonds is 6. The average Bonchev–Trinajstić information content (AvgIpc) is 2.63. The zero-order valence-corrected chi connectivity index (χ0v) is 14.0. The van der Waals surface area contributed by atoms with Crippen LogP contribution < -0.4 is 15.4 Å². The Morgan fingerprint density at radius 2 is 1.60 bits per heavy atom. The predicted molar refractivity (Wildman–Crippen MR) is 102 cm³/mol. The second-order valence-electron chi connectivity index (χ2n) is 5.45. The van der Waals surface area contributed by atoms with Crippen LogP contribution in [0.5, 0.6) is 5.75 Å². The smallest absolute Gasteiger partial charge is 0.257 e. The van der Waals surface area contributed by atoms with Gasteiger partial charge in [0.15, 0.2) is 0 Å². The number of hydrogen-bond donors (Lipinski definition) is 2. The van der Waals surface area contributed by atoms with E-state index in [1.165, 1.54) is 0 Å². The largest absolute Gasteiger partial charge is 0.494 e. The van der Waals surface area contributed by atoms with E-state index in [9.17, 15) is 4.79 Å². The first-order valence-corrected chi connectivity index (χ1v) is 8.21. The molecule has 0 aromatic heterocycles. The fourth-order valence-corrected chi connectivity index (χ4v) is 2.50. The summed E-state index contributed by atoms with van der Waals surface area (Å²) >= 11 is 0. The molecule has 126 valence electrons. The minimum absolute atomic E-state index is 0.173. The van der Waals surface area contributed by atoms with Crippen molar-refractivity contribution in [2.75, 3.05) is 17.2 Å². The Labute approximate surface area is 147 Å². The molecule has 3 aromatic rings. The fraction of sp³-hybridized carbons (Fsp3) is 0.0952. The van der Waals surface area contributed by atoms with Crippen LogP contribution in [0.1, 0.15) is 17.3 Å². The number of para-hydroxylation sites is 2. The molecule has 0 aliphatic heterocycles. The maximum Gasteiger partial charge on any atom is 0.257 e. The van der Waals surface area contributed by atoms with Gasteiger partial charge >= 0.3 is 0 Å². The molecule has 2 N–H and O–H groups in total. The summed E-state index contributed by atoms with van der Waals surface area (Å²) in [7, 11) is 0. The highest BCUT2D eigenvalue weighted by Gasteiger charge is 2.11. The number of nitrogens with one attached hydrogen (secondary N) is 2. The first kappa shape index (κ1) is 16.6. The van der Waals surface area contributed by atoms with Crippen molar-refractivity contribution >= 4 is 23.0 Å². The van der Waals surface area contributed by atoms with E-state index >= 15 is 0 Å². The van der Waals surface area contributed by atoms with Gasteiger partial charge in [-0.25, -0.2) is 0 Å². The Kier molecular flexibility index (Phi) is 5.32. The summed E-state index contributed by atoms with van der Waals surface area (Å²) in [4.78, 5) is 12.7. The monoisotopic (exact) mass is 332 g/mol. The van der Waals surface area contributed by atoms with E-state index in [1.807, 2.05) is 79.7 Å². The van der Waals surface area contributed by atoms with Crippen molar-refractivity contribution in [3.63, 3.8) is 0 Å². The Bertz CT molecular complexity index is 847. The van der Waals surface area contributed by atoms with E-state index in [-0.39, 0.29) is 5.91 Å². The summed E-state index contributed by atoms with van der Waals surface area (Å²) in [6, 6.07) is 24.6. The molecular weight excluding hydrogens is 312 g/mol. The van der Waals surface area contributed by atoms with Gasteiger partial charge in [0.25, 0.3) is 5.91 Å². The summed E-state index contributed by atoms with van der Waals surface area (Å²) in [5.41, 5.74) is 2.96.